The summed E-state index contributed by atoms with van der Waals surface area (Å²) in [6.45, 7) is 11.3. The Kier molecular flexibility index (Phi) is 7.91. The zero-order valence-electron chi connectivity index (χ0n) is 15.1. The highest BCUT2D eigenvalue weighted by Crippen LogP contribution is 2.34. The van der Waals surface area contributed by atoms with Crippen LogP contribution in [0.1, 0.15) is 51.4 Å². The molecule has 6 unspecified atom stereocenters. The predicted octanol–water partition coefficient (Wildman–Crippen LogP) is 3.95. The lowest BCUT2D eigenvalue weighted by molar-refractivity contribution is -0.177. The zero-order valence-corrected chi connectivity index (χ0v) is 15.1. The molecule has 2 fully saturated rings. The van der Waals surface area contributed by atoms with Gasteiger partial charge in [0, 0.05) is 6.42 Å². The number of hydrogen-bond donors (Lipinski definition) is 1. The average Bonchev–Trinajstić information content (AvgIpc) is 2.62. The largest absolute Gasteiger partial charge is 0.460 e. The summed E-state index contributed by atoms with van der Waals surface area (Å²) in [5.41, 5.74) is 0. The summed E-state index contributed by atoms with van der Waals surface area (Å²) >= 11 is 0. The second-order valence-corrected chi connectivity index (χ2v) is 7.25. The molecule has 2 aliphatic rings. The number of aliphatic hydroxyl groups excluding tert-OH is 1. The molecule has 2 aliphatic carbocycles. The van der Waals surface area contributed by atoms with Crippen LogP contribution in [0.25, 0.3) is 0 Å². The fourth-order valence-electron chi connectivity index (χ4n) is 3.82. The van der Waals surface area contributed by atoms with Crippen molar-refractivity contribution < 1.29 is 19.4 Å². The van der Waals surface area contributed by atoms with E-state index >= 15 is 0 Å². The van der Waals surface area contributed by atoms with Gasteiger partial charge in [0.1, 0.15) is 6.10 Å². The number of rotatable bonds is 8. The molecule has 6 atom stereocenters. The van der Waals surface area contributed by atoms with Gasteiger partial charge in [-0.1, -0.05) is 18.2 Å². The Hall–Kier alpha value is -1.39. The Morgan fingerprint density at radius 3 is 2.20 bits per heavy atom. The van der Waals surface area contributed by atoms with Gasteiger partial charge in [-0.2, -0.15) is 0 Å². The number of ether oxygens (including phenoxy) is 2. The first kappa shape index (κ1) is 19.9. The van der Waals surface area contributed by atoms with E-state index in [0.29, 0.717) is 31.1 Å². The van der Waals surface area contributed by atoms with Crippen molar-refractivity contribution in [2.75, 3.05) is 0 Å². The summed E-state index contributed by atoms with van der Waals surface area (Å²) in [4.78, 5) is 12.0. The van der Waals surface area contributed by atoms with Gasteiger partial charge < -0.3 is 14.6 Å². The first-order valence-electron chi connectivity index (χ1n) is 9.46. The maximum Gasteiger partial charge on any atom is 0.306 e. The monoisotopic (exact) mass is 348 g/mol. The molecule has 0 amide bonds. The third-order valence-corrected chi connectivity index (χ3v) is 5.42. The lowest BCUT2D eigenvalue weighted by Gasteiger charge is -2.39. The number of carbonyl (C=O) groups excluding carboxylic acids is 1. The molecule has 25 heavy (non-hydrogen) atoms. The molecule has 0 radical (unpaired) electrons. The van der Waals surface area contributed by atoms with Gasteiger partial charge in [0.15, 0.2) is 0 Å². The number of allylic oxidation sites excluding steroid dienone is 3. The van der Waals surface area contributed by atoms with Crippen LogP contribution in [0.5, 0.6) is 0 Å². The summed E-state index contributed by atoms with van der Waals surface area (Å²) in [7, 11) is 0. The fraction of sp³-hybridized carbons (Fsp3) is 0.667. The maximum atomic E-state index is 12.0. The van der Waals surface area contributed by atoms with E-state index < -0.39 is 6.10 Å². The van der Waals surface area contributed by atoms with Crippen molar-refractivity contribution in [3.8, 4) is 0 Å². The molecular weight excluding hydrogens is 316 g/mol. The number of hydrogen-bond acceptors (Lipinski definition) is 4. The van der Waals surface area contributed by atoms with Gasteiger partial charge in [-0.3, -0.25) is 4.79 Å². The van der Waals surface area contributed by atoms with Crippen LogP contribution < -0.4 is 0 Å². The molecule has 0 aromatic heterocycles. The van der Waals surface area contributed by atoms with Crippen LogP contribution in [0, 0.1) is 11.8 Å². The molecule has 0 bridgehead atoms. The van der Waals surface area contributed by atoms with Crippen molar-refractivity contribution in [3.05, 3.63) is 38.0 Å². The van der Waals surface area contributed by atoms with E-state index in [2.05, 4.69) is 19.7 Å². The Labute approximate surface area is 151 Å². The maximum absolute atomic E-state index is 12.0. The molecule has 0 saturated heterocycles. The SMILES string of the molecule is C=CCCC(=O)OC1CC(C=C)CCC1OC1CCC(C=C)CC1O. The second kappa shape index (κ2) is 9.93. The molecule has 0 aromatic carbocycles. The lowest BCUT2D eigenvalue weighted by atomic mass is 9.83. The molecule has 0 aliphatic heterocycles. The van der Waals surface area contributed by atoms with E-state index in [1.165, 1.54) is 0 Å². The van der Waals surface area contributed by atoms with E-state index in [1.54, 1.807) is 6.08 Å². The van der Waals surface area contributed by atoms with Gasteiger partial charge in [-0.15, -0.1) is 19.7 Å². The molecule has 4 nitrogen and oxygen atoms in total. The summed E-state index contributed by atoms with van der Waals surface area (Å²) in [6.07, 6.45) is 10.5. The minimum Gasteiger partial charge on any atom is -0.460 e. The molecule has 1 N–H and O–H groups in total. The van der Waals surface area contributed by atoms with Crippen molar-refractivity contribution >= 4 is 5.97 Å². The Morgan fingerprint density at radius 2 is 1.60 bits per heavy atom. The normalized spacial score (nSPS) is 35.6. The van der Waals surface area contributed by atoms with Gasteiger partial charge in [0.05, 0.1) is 18.3 Å². The second-order valence-electron chi connectivity index (χ2n) is 7.25. The predicted molar refractivity (Wildman–Crippen MR) is 99.1 cm³/mol. The first-order valence-corrected chi connectivity index (χ1v) is 9.46. The first-order chi connectivity index (χ1) is 12.1. The molecule has 0 heterocycles. The fourth-order valence-corrected chi connectivity index (χ4v) is 3.82. The Bertz CT molecular complexity index is 473. The molecule has 4 heteroatoms. The highest BCUT2D eigenvalue weighted by Gasteiger charge is 2.37. The number of aliphatic hydroxyl groups is 1. The minimum absolute atomic E-state index is 0.149. The van der Waals surface area contributed by atoms with Crippen LogP contribution in [0.3, 0.4) is 0 Å². The molecule has 0 spiro atoms. The summed E-state index contributed by atoms with van der Waals surface area (Å²) in [5, 5.41) is 10.4. The standard InChI is InChI=1S/C21H32O4/c1-4-7-8-21(23)25-20-14-16(6-3)10-12-19(20)24-18-11-9-15(5-2)13-17(18)22/h4-6,15-20,22H,1-3,7-14H2. The van der Waals surface area contributed by atoms with E-state index in [-0.39, 0.29) is 24.3 Å². The topological polar surface area (TPSA) is 55.8 Å². The third-order valence-electron chi connectivity index (χ3n) is 5.42. The van der Waals surface area contributed by atoms with E-state index in [4.69, 9.17) is 9.47 Å². The smallest absolute Gasteiger partial charge is 0.306 e. The zero-order chi connectivity index (χ0) is 18.2. The summed E-state index contributed by atoms with van der Waals surface area (Å²) < 4.78 is 11.9. The van der Waals surface area contributed by atoms with Crippen molar-refractivity contribution in [1.82, 2.24) is 0 Å². The Morgan fingerprint density at radius 1 is 0.960 bits per heavy atom. The van der Waals surface area contributed by atoms with Crippen molar-refractivity contribution in [3.63, 3.8) is 0 Å². The van der Waals surface area contributed by atoms with Gasteiger partial charge in [-0.25, -0.2) is 0 Å². The molecule has 0 aromatic rings. The van der Waals surface area contributed by atoms with Crippen LogP contribution in [0.4, 0.5) is 0 Å². The van der Waals surface area contributed by atoms with E-state index in [0.717, 1.165) is 32.1 Å². The minimum atomic E-state index is -0.481. The van der Waals surface area contributed by atoms with E-state index in [1.807, 2.05) is 12.2 Å². The van der Waals surface area contributed by atoms with Crippen LogP contribution in [0.2, 0.25) is 0 Å². The van der Waals surface area contributed by atoms with Crippen molar-refractivity contribution in [2.45, 2.75) is 75.8 Å². The summed E-state index contributed by atoms with van der Waals surface area (Å²) in [5.74, 6) is 0.497. The van der Waals surface area contributed by atoms with Gasteiger partial charge in [-0.05, 0) is 56.8 Å². The molecule has 2 rings (SSSR count). The highest BCUT2D eigenvalue weighted by atomic mass is 16.6. The van der Waals surface area contributed by atoms with E-state index in [9.17, 15) is 9.90 Å². The number of carbonyl (C=O) groups is 1. The third kappa shape index (κ3) is 5.82. The van der Waals surface area contributed by atoms with Gasteiger partial charge in [0.2, 0.25) is 0 Å². The van der Waals surface area contributed by atoms with Crippen molar-refractivity contribution in [2.24, 2.45) is 11.8 Å². The van der Waals surface area contributed by atoms with Crippen LogP contribution >= 0.6 is 0 Å². The van der Waals surface area contributed by atoms with Crippen LogP contribution in [-0.4, -0.2) is 35.5 Å². The van der Waals surface area contributed by atoms with Gasteiger partial charge in [0.25, 0.3) is 0 Å². The quantitative estimate of drug-likeness (QED) is 0.533. The van der Waals surface area contributed by atoms with Crippen molar-refractivity contribution in [1.29, 1.82) is 0 Å². The van der Waals surface area contributed by atoms with Crippen LogP contribution in [-0.2, 0) is 14.3 Å². The van der Waals surface area contributed by atoms with Gasteiger partial charge >= 0.3 is 5.97 Å². The number of esters is 1. The lowest BCUT2D eigenvalue weighted by Crippen LogP contribution is -2.45. The molecule has 2 saturated carbocycles. The summed E-state index contributed by atoms with van der Waals surface area (Å²) in [6, 6.07) is 0. The average molecular weight is 348 g/mol. The van der Waals surface area contributed by atoms with Crippen LogP contribution in [0.15, 0.2) is 38.0 Å². The molecule has 140 valence electrons. The highest BCUT2D eigenvalue weighted by molar-refractivity contribution is 5.69. The molecular formula is C21H32O4. The Balaban J connectivity index is 1.95.